The van der Waals surface area contributed by atoms with Gasteiger partial charge in [0, 0.05) is 31.1 Å². The van der Waals surface area contributed by atoms with Crippen LogP contribution in [0.15, 0.2) is 82.6 Å². The predicted octanol–water partition coefficient (Wildman–Crippen LogP) is 5.20. The molecule has 4 aromatic rings. The molecule has 0 atom stereocenters. The number of amides is 1. The Kier molecular flexibility index (Phi) is 7.05. The monoisotopic (exact) mass is 479 g/mol. The first-order valence-corrected chi connectivity index (χ1v) is 12.1. The summed E-state index contributed by atoms with van der Waals surface area (Å²) in [5.74, 6) is -0.294. The van der Waals surface area contributed by atoms with E-state index in [-0.39, 0.29) is 23.0 Å². The Hall–Kier alpha value is -3.23. The van der Waals surface area contributed by atoms with E-state index in [1.807, 2.05) is 35.7 Å². The van der Waals surface area contributed by atoms with Crippen LogP contribution in [0.3, 0.4) is 0 Å². The number of hydrogen-bond acceptors (Lipinski definition) is 5. The lowest BCUT2D eigenvalue weighted by Gasteiger charge is -2.17. The number of aromatic nitrogens is 2. The van der Waals surface area contributed by atoms with E-state index in [4.69, 9.17) is 4.98 Å². The molecule has 0 unspecified atom stereocenters. The van der Waals surface area contributed by atoms with E-state index in [1.165, 1.54) is 35.2 Å². The molecule has 0 saturated heterocycles. The fourth-order valence-electron chi connectivity index (χ4n) is 3.42. The van der Waals surface area contributed by atoms with Crippen molar-refractivity contribution in [3.63, 3.8) is 0 Å². The van der Waals surface area contributed by atoms with Crippen molar-refractivity contribution in [1.82, 2.24) is 14.5 Å². The summed E-state index contributed by atoms with van der Waals surface area (Å²) in [4.78, 5) is 33.0. The number of thioether (sulfide) groups is 1. The highest BCUT2D eigenvalue weighted by Crippen LogP contribution is 2.32. The van der Waals surface area contributed by atoms with E-state index in [0.29, 0.717) is 28.5 Å². The van der Waals surface area contributed by atoms with Crippen LogP contribution in [0.4, 0.5) is 4.39 Å². The van der Waals surface area contributed by atoms with Crippen LogP contribution >= 0.6 is 23.1 Å². The van der Waals surface area contributed by atoms with Gasteiger partial charge in [-0.1, -0.05) is 60.3 Å². The van der Waals surface area contributed by atoms with Crippen LogP contribution in [0.2, 0.25) is 0 Å². The fourth-order valence-corrected chi connectivity index (χ4v) is 5.36. The third-order valence-electron chi connectivity index (χ3n) is 5.14. The number of halogens is 1. The maximum absolute atomic E-state index is 13.4. The largest absolute Gasteiger partial charge is 0.341 e. The van der Waals surface area contributed by atoms with Crippen LogP contribution in [0.1, 0.15) is 5.56 Å². The van der Waals surface area contributed by atoms with Crippen LogP contribution in [0.5, 0.6) is 0 Å². The van der Waals surface area contributed by atoms with Crippen LogP contribution in [0, 0.1) is 5.82 Å². The van der Waals surface area contributed by atoms with E-state index in [2.05, 4.69) is 6.58 Å². The van der Waals surface area contributed by atoms with Crippen molar-refractivity contribution >= 4 is 39.2 Å². The number of benzene rings is 2. The molecular weight excluding hydrogens is 457 g/mol. The van der Waals surface area contributed by atoms with Crippen LogP contribution < -0.4 is 5.56 Å². The first-order valence-electron chi connectivity index (χ1n) is 10.3. The Morgan fingerprint density at radius 1 is 1.21 bits per heavy atom. The van der Waals surface area contributed by atoms with Crippen molar-refractivity contribution in [2.45, 2.75) is 18.2 Å². The second-order valence-corrected chi connectivity index (χ2v) is 9.26. The molecule has 0 aliphatic carbocycles. The minimum Gasteiger partial charge on any atom is -0.341 e. The number of nitrogens with zero attached hydrogens (tertiary/aromatic N) is 3. The fraction of sp³-hybridized carbons (Fsp3) is 0.160. The summed E-state index contributed by atoms with van der Waals surface area (Å²) < 4.78 is 14.7. The molecule has 0 aliphatic heterocycles. The number of fused-ring (bicyclic) bond motifs is 1. The average Bonchev–Trinajstić information content (AvgIpc) is 3.26. The predicted molar refractivity (Wildman–Crippen MR) is 133 cm³/mol. The molecule has 2 aromatic carbocycles. The van der Waals surface area contributed by atoms with Gasteiger partial charge in [0.2, 0.25) is 5.91 Å². The summed E-state index contributed by atoms with van der Waals surface area (Å²) in [6, 6.07) is 15.8. The van der Waals surface area contributed by atoms with Crippen molar-refractivity contribution in [3.05, 3.63) is 94.4 Å². The molecular formula is C25H22FN3O2S2. The standard InChI is InChI=1S/C25H22FN3O2S2/c1-3-13-29-24(31)22-20(18-7-5-4-6-8-18)15-32-23(22)27-25(29)33-16-21(30)28(2)14-17-9-11-19(26)12-10-17/h3-12,15H,1,13-14,16H2,2H3. The minimum atomic E-state index is -0.311. The van der Waals surface area contributed by atoms with Crippen molar-refractivity contribution in [2.24, 2.45) is 0 Å². The Balaban J connectivity index is 1.57. The van der Waals surface area contributed by atoms with Gasteiger partial charge in [-0.3, -0.25) is 14.2 Å². The summed E-state index contributed by atoms with van der Waals surface area (Å²) in [5, 5.41) is 3.01. The lowest BCUT2D eigenvalue weighted by Crippen LogP contribution is -2.28. The summed E-state index contributed by atoms with van der Waals surface area (Å²) in [7, 11) is 1.70. The zero-order valence-electron chi connectivity index (χ0n) is 18.0. The Morgan fingerprint density at radius 3 is 2.64 bits per heavy atom. The number of carbonyl (C=O) groups is 1. The highest BCUT2D eigenvalue weighted by atomic mass is 32.2. The molecule has 0 N–H and O–H groups in total. The second kappa shape index (κ2) is 10.1. The van der Waals surface area contributed by atoms with Crippen molar-refractivity contribution in [3.8, 4) is 11.1 Å². The first kappa shape index (κ1) is 22.9. The van der Waals surface area contributed by atoms with Crippen LogP contribution in [-0.2, 0) is 17.9 Å². The van der Waals surface area contributed by atoms with Crippen molar-refractivity contribution in [2.75, 3.05) is 12.8 Å². The zero-order valence-corrected chi connectivity index (χ0v) is 19.7. The summed E-state index contributed by atoms with van der Waals surface area (Å²) in [6.45, 7) is 4.44. The van der Waals surface area contributed by atoms with Gasteiger partial charge in [0.25, 0.3) is 5.56 Å². The number of hydrogen-bond donors (Lipinski definition) is 0. The van der Waals surface area contributed by atoms with Gasteiger partial charge in [-0.15, -0.1) is 17.9 Å². The molecule has 0 fully saturated rings. The molecule has 0 bridgehead atoms. The van der Waals surface area contributed by atoms with Gasteiger partial charge < -0.3 is 4.90 Å². The number of allylic oxidation sites excluding steroid dienone is 1. The van der Waals surface area contributed by atoms with E-state index < -0.39 is 0 Å². The van der Waals surface area contributed by atoms with Gasteiger partial charge in [0.1, 0.15) is 10.6 Å². The maximum atomic E-state index is 13.4. The number of thiophene rings is 1. The van der Waals surface area contributed by atoms with E-state index in [0.717, 1.165) is 16.7 Å². The highest BCUT2D eigenvalue weighted by molar-refractivity contribution is 7.99. The molecule has 0 saturated carbocycles. The Labute approximate surface area is 199 Å². The molecule has 0 spiro atoms. The molecule has 4 rings (SSSR count). The van der Waals surface area contributed by atoms with Gasteiger partial charge in [-0.2, -0.15) is 0 Å². The average molecular weight is 480 g/mol. The molecule has 2 heterocycles. The SMILES string of the molecule is C=CCn1c(SCC(=O)N(C)Cc2ccc(F)cc2)nc2scc(-c3ccccc3)c2c1=O. The zero-order chi connectivity index (χ0) is 23.4. The first-order chi connectivity index (χ1) is 16.0. The van der Waals surface area contributed by atoms with Gasteiger partial charge in [0.05, 0.1) is 11.1 Å². The van der Waals surface area contributed by atoms with E-state index >= 15 is 0 Å². The molecule has 33 heavy (non-hydrogen) atoms. The minimum absolute atomic E-state index is 0.111. The van der Waals surface area contributed by atoms with Crippen molar-refractivity contribution in [1.29, 1.82) is 0 Å². The summed E-state index contributed by atoms with van der Waals surface area (Å²) >= 11 is 2.65. The Morgan fingerprint density at radius 2 is 1.94 bits per heavy atom. The number of rotatable bonds is 8. The molecule has 5 nitrogen and oxygen atoms in total. The Bertz CT molecular complexity index is 1350. The molecule has 8 heteroatoms. The smallest absolute Gasteiger partial charge is 0.263 e. The van der Waals surface area contributed by atoms with E-state index in [9.17, 15) is 14.0 Å². The summed E-state index contributed by atoms with van der Waals surface area (Å²) in [6.07, 6.45) is 1.65. The topological polar surface area (TPSA) is 55.2 Å². The van der Waals surface area contributed by atoms with Crippen molar-refractivity contribution < 1.29 is 9.18 Å². The molecule has 0 radical (unpaired) electrons. The lowest BCUT2D eigenvalue weighted by molar-refractivity contribution is -0.127. The molecule has 0 aliphatic rings. The normalized spacial score (nSPS) is 11.0. The quantitative estimate of drug-likeness (QED) is 0.198. The molecule has 2 aromatic heterocycles. The van der Waals surface area contributed by atoms with Gasteiger partial charge in [-0.05, 0) is 23.3 Å². The van der Waals surface area contributed by atoms with Gasteiger partial charge in [0.15, 0.2) is 5.16 Å². The third-order valence-corrected chi connectivity index (χ3v) is 6.97. The van der Waals surface area contributed by atoms with Crippen LogP contribution in [0.25, 0.3) is 21.3 Å². The second-order valence-electron chi connectivity index (χ2n) is 7.46. The molecule has 1 amide bonds. The molecule has 168 valence electrons. The highest BCUT2D eigenvalue weighted by Gasteiger charge is 2.18. The summed E-state index contributed by atoms with van der Waals surface area (Å²) in [5.41, 5.74) is 2.52. The van der Waals surface area contributed by atoms with Crippen LogP contribution in [-0.4, -0.2) is 33.2 Å². The maximum Gasteiger partial charge on any atom is 0.263 e. The van der Waals surface area contributed by atoms with Gasteiger partial charge in [-0.25, -0.2) is 9.37 Å². The number of carbonyl (C=O) groups excluding carboxylic acids is 1. The lowest BCUT2D eigenvalue weighted by atomic mass is 10.1. The van der Waals surface area contributed by atoms with Gasteiger partial charge >= 0.3 is 0 Å². The van der Waals surface area contributed by atoms with E-state index in [1.54, 1.807) is 34.7 Å². The third kappa shape index (κ3) is 5.07.